The van der Waals surface area contributed by atoms with E-state index in [9.17, 15) is 12.8 Å². The lowest BCUT2D eigenvalue weighted by Gasteiger charge is -2.05. The molecule has 120 valence electrons. The maximum atomic E-state index is 13.2. The third-order valence-electron chi connectivity index (χ3n) is 2.61. The molecule has 0 bridgehead atoms. The Kier molecular flexibility index (Phi) is 5.41. The SMILES string of the molecule is Cc1cc(S(=O)(=O)Nc2nnc(SCC(C)C)s2)ccc1F. The van der Waals surface area contributed by atoms with Crippen LogP contribution in [0.2, 0.25) is 0 Å². The van der Waals surface area contributed by atoms with Crippen molar-refractivity contribution in [2.45, 2.75) is 30.0 Å². The molecule has 2 rings (SSSR count). The third-order valence-corrected chi connectivity index (χ3v) is 6.47. The molecule has 0 saturated carbocycles. The molecule has 1 aromatic heterocycles. The van der Waals surface area contributed by atoms with Gasteiger partial charge in [0.1, 0.15) is 5.82 Å². The van der Waals surface area contributed by atoms with Gasteiger partial charge in [0, 0.05) is 5.75 Å². The zero-order valence-corrected chi connectivity index (χ0v) is 14.8. The Bertz CT molecular complexity index is 760. The minimum absolute atomic E-state index is 0.00187. The normalized spacial score (nSPS) is 11.9. The van der Waals surface area contributed by atoms with Gasteiger partial charge in [-0.2, -0.15) is 0 Å². The summed E-state index contributed by atoms with van der Waals surface area (Å²) in [5, 5.41) is 7.97. The summed E-state index contributed by atoms with van der Waals surface area (Å²) in [5.41, 5.74) is 0.272. The molecule has 0 radical (unpaired) electrons. The monoisotopic (exact) mass is 361 g/mol. The lowest BCUT2D eigenvalue weighted by molar-refractivity contribution is 0.598. The lowest BCUT2D eigenvalue weighted by atomic mass is 10.2. The van der Waals surface area contributed by atoms with Gasteiger partial charge in [-0.05, 0) is 36.6 Å². The second-order valence-electron chi connectivity index (χ2n) is 5.09. The summed E-state index contributed by atoms with van der Waals surface area (Å²) in [7, 11) is -3.79. The minimum atomic E-state index is -3.79. The topological polar surface area (TPSA) is 72.0 Å². The van der Waals surface area contributed by atoms with Crippen molar-refractivity contribution in [1.29, 1.82) is 0 Å². The second kappa shape index (κ2) is 6.93. The summed E-state index contributed by atoms with van der Waals surface area (Å²) < 4.78 is 40.8. The van der Waals surface area contributed by atoms with Gasteiger partial charge in [-0.1, -0.05) is 36.9 Å². The van der Waals surface area contributed by atoms with Crippen LogP contribution < -0.4 is 4.72 Å². The van der Waals surface area contributed by atoms with Crippen molar-refractivity contribution < 1.29 is 12.8 Å². The maximum absolute atomic E-state index is 13.2. The highest BCUT2D eigenvalue weighted by atomic mass is 32.2. The summed E-state index contributed by atoms with van der Waals surface area (Å²) in [5.74, 6) is 0.955. The van der Waals surface area contributed by atoms with Crippen LogP contribution in [0.15, 0.2) is 27.4 Å². The zero-order chi connectivity index (χ0) is 16.3. The molecular weight excluding hydrogens is 345 g/mol. The van der Waals surface area contributed by atoms with Crippen LogP contribution in [0.5, 0.6) is 0 Å². The molecule has 0 fully saturated rings. The largest absolute Gasteiger partial charge is 0.263 e. The first-order chi connectivity index (χ1) is 10.3. The summed E-state index contributed by atoms with van der Waals surface area (Å²) >= 11 is 2.72. The molecule has 5 nitrogen and oxygen atoms in total. The Balaban J connectivity index is 2.13. The first-order valence-corrected chi connectivity index (χ1v) is 9.82. The molecule has 0 unspecified atom stereocenters. The van der Waals surface area contributed by atoms with Crippen LogP contribution >= 0.6 is 23.1 Å². The number of hydrogen-bond acceptors (Lipinski definition) is 6. The number of aromatic nitrogens is 2. The summed E-state index contributed by atoms with van der Waals surface area (Å²) in [6, 6.07) is 3.64. The number of anilines is 1. The Labute approximate surface area is 137 Å². The van der Waals surface area contributed by atoms with Crippen molar-refractivity contribution in [3.63, 3.8) is 0 Å². The quantitative estimate of drug-likeness (QED) is 0.797. The average Bonchev–Trinajstić information content (AvgIpc) is 2.86. The van der Waals surface area contributed by atoms with Crippen molar-refractivity contribution in [3.05, 3.63) is 29.6 Å². The highest BCUT2D eigenvalue weighted by Gasteiger charge is 2.18. The van der Waals surface area contributed by atoms with Gasteiger partial charge in [0.05, 0.1) is 4.90 Å². The average molecular weight is 361 g/mol. The molecule has 9 heteroatoms. The van der Waals surface area contributed by atoms with E-state index in [4.69, 9.17) is 0 Å². The molecule has 0 atom stereocenters. The number of rotatable bonds is 6. The van der Waals surface area contributed by atoms with Crippen LogP contribution in [0, 0.1) is 18.7 Å². The van der Waals surface area contributed by atoms with E-state index in [-0.39, 0.29) is 15.6 Å². The molecular formula is C13H16FN3O2S3. The van der Waals surface area contributed by atoms with Crippen molar-refractivity contribution >= 4 is 38.3 Å². The summed E-state index contributed by atoms with van der Waals surface area (Å²) in [4.78, 5) is -0.00187. The van der Waals surface area contributed by atoms with Crippen LogP contribution in [-0.4, -0.2) is 24.4 Å². The zero-order valence-electron chi connectivity index (χ0n) is 12.3. The number of benzene rings is 1. The summed E-state index contributed by atoms with van der Waals surface area (Å²) in [6.45, 7) is 5.70. The van der Waals surface area contributed by atoms with E-state index in [0.29, 0.717) is 10.3 Å². The van der Waals surface area contributed by atoms with E-state index in [0.717, 1.165) is 11.8 Å². The van der Waals surface area contributed by atoms with Crippen molar-refractivity contribution in [2.75, 3.05) is 10.5 Å². The number of thioether (sulfide) groups is 1. The minimum Gasteiger partial charge on any atom is -0.253 e. The van der Waals surface area contributed by atoms with Crippen LogP contribution in [0.25, 0.3) is 0 Å². The Morgan fingerprint density at radius 2 is 2.09 bits per heavy atom. The van der Waals surface area contributed by atoms with Gasteiger partial charge in [-0.3, -0.25) is 4.72 Å². The van der Waals surface area contributed by atoms with Crippen molar-refractivity contribution in [1.82, 2.24) is 10.2 Å². The van der Waals surface area contributed by atoms with E-state index in [1.165, 1.54) is 42.2 Å². The Morgan fingerprint density at radius 3 is 2.73 bits per heavy atom. The molecule has 2 aromatic rings. The molecule has 0 aliphatic carbocycles. The van der Waals surface area contributed by atoms with Crippen molar-refractivity contribution in [2.24, 2.45) is 5.92 Å². The van der Waals surface area contributed by atoms with Crippen LogP contribution in [0.3, 0.4) is 0 Å². The predicted molar refractivity (Wildman–Crippen MR) is 87.4 cm³/mol. The lowest BCUT2D eigenvalue weighted by Crippen LogP contribution is -2.13. The van der Waals surface area contributed by atoms with Crippen molar-refractivity contribution in [3.8, 4) is 0 Å². The summed E-state index contributed by atoms with van der Waals surface area (Å²) in [6.07, 6.45) is 0. The van der Waals surface area contributed by atoms with E-state index in [1.54, 1.807) is 0 Å². The Morgan fingerprint density at radius 1 is 1.36 bits per heavy atom. The van der Waals surface area contributed by atoms with Gasteiger partial charge in [0.2, 0.25) is 5.13 Å². The fourth-order valence-corrected chi connectivity index (χ4v) is 4.55. The highest BCUT2D eigenvalue weighted by Crippen LogP contribution is 2.28. The number of nitrogens with zero attached hydrogens (tertiary/aromatic N) is 2. The van der Waals surface area contributed by atoms with E-state index >= 15 is 0 Å². The molecule has 0 saturated heterocycles. The molecule has 1 N–H and O–H groups in total. The van der Waals surface area contributed by atoms with Gasteiger partial charge in [-0.25, -0.2) is 12.8 Å². The van der Waals surface area contributed by atoms with Gasteiger partial charge in [0.25, 0.3) is 10.0 Å². The van der Waals surface area contributed by atoms with Gasteiger partial charge in [-0.15, -0.1) is 10.2 Å². The number of nitrogens with one attached hydrogen (secondary N) is 1. The molecule has 1 aromatic carbocycles. The first-order valence-electron chi connectivity index (χ1n) is 6.53. The maximum Gasteiger partial charge on any atom is 0.263 e. The number of sulfonamides is 1. The second-order valence-corrected chi connectivity index (χ2v) is 9.02. The van der Waals surface area contributed by atoms with E-state index in [2.05, 4.69) is 28.8 Å². The molecule has 0 spiro atoms. The highest BCUT2D eigenvalue weighted by molar-refractivity contribution is 8.01. The number of halogens is 1. The molecule has 0 amide bonds. The number of aryl methyl sites for hydroxylation is 1. The van der Waals surface area contributed by atoms with Gasteiger partial charge >= 0.3 is 0 Å². The number of hydrogen-bond donors (Lipinski definition) is 1. The predicted octanol–water partition coefficient (Wildman–Crippen LogP) is 3.53. The fourth-order valence-electron chi connectivity index (χ4n) is 1.51. The van der Waals surface area contributed by atoms with Crippen LogP contribution in [-0.2, 0) is 10.0 Å². The molecule has 22 heavy (non-hydrogen) atoms. The smallest absolute Gasteiger partial charge is 0.253 e. The Hall–Kier alpha value is -1.19. The third kappa shape index (κ3) is 4.40. The molecule has 1 heterocycles. The van der Waals surface area contributed by atoms with E-state index in [1.807, 2.05) is 0 Å². The molecule has 0 aliphatic heterocycles. The standard InChI is InChI=1S/C13H16FN3O2S3/c1-8(2)7-20-13-16-15-12(21-13)17-22(18,19)10-4-5-11(14)9(3)6-10/h4-6,8H,7H2,1-3H3,(H,15,17). The van der Waals surface area contributed by atoms with E-state index < -0.39 is 15.8 Å². The fraction of sp³-hybridized carbons (Fsp3) is 0.385. The molecule has 0 aliphatic rings. The van der Waals surface area contributed by atoms with Crippen LogP contribution in [0.4, 0.5) is 9.52 Å². The van der Waals surface area contributed by atoms with Crippen LogP contribution in [0.1, 0.15) is 19.4 Å². The first kappa shape index (κ1) is 17.2. The van der Waals surface area contributed by atoms with Gasteiger partial charge in [0.15, 0.2) is 4.34 Å². The van der Waals surface area contributed by atoms with Gasteiger partial charge < -0.3 is 0 Å².